The average molecular weight is 155 g/mol. The smallest absolute Gasteiger partial charge is 0.0130 e. The molecule has 0 aromatic carbocycles. The molecule has 0 amide bonds. The Bertz CT molecular complexity index is 134. The van der Waals surface area contributed by atoms with Gasteiger partial charge < -0.3 is 5.32 Å². The van der Waals surface area contributed by atoms with Crippen LogP contribution in [0.25, 0.3) is 0 Å². The fourth-order valence-corrected chi connectivity index (χ4v) is 1.30. The first-order valence-electron chi connectivity index (χ1n) is 4.15. The first-order chi connectivity index (χ1) is 4.83. The molecule has 11 heavy (non-hydrogen) atoms. The van der Waals surface area contributed by atoms with Crippen LogP contribution in [-0.4, -0.2) is 12.6 Å². The summed E-state index contributed by atoms with van der Waals surface area (Å²) >= 11 is 0. The summed E-state index contributed by atoms with van der Waals surface area (Å²) in [5.41, 5.74) is 0.435. The molecule has 0 aliphatic heterocycles. The van der Waals surface area contributed by atoms with E-state index in [9.17, 15) is 0 Å². The highest BCUT2D eigenvalue weighted by atomic mass is 14.9. The van der Waals surface area contributed by atoms with Crippen molar-refractivity contribution in [3.63, 3.8) is 0 Å². The quantitative estimate of drug-likeness (QED) is 0.615. The Morgan fingerprint density at radius 1 is 1.27 bits per heavy atom. The summed E-state index contributed by atoms with van der Waals surface area (Å²) in [6.07, 6.45) is 3.13. The van der Waals surface area contributed by atoms with E-state index < -0.39 is 0 Å². The molecule has 0 radical (unpaired) electrons. The predicted molar refractivity (Wildman–Crippen MR) is 51.7 cm³/mol. The van der Waals surface area contributed by atoms with Gasteiger partial charge in [-0.25, -0.2) is 0 Å². The summed E-state index contributed by atoms with van der Waals surface area (Å²) in [6.45, 7) is 12.7. The van der Waals surface area contributed by atoms with Crippen LogP contribution < -0.4 is 5.32 Å². The van der Waals surface area contributed by atoms with Gasteiger partial charge >= 0.3 is 0 Å². The van der Waals surface area contributed by atoms with Crippen LogP contribution in [0.3, 0.4) is 0 Å². The third kappa shape index (κ3) is 4.20. The van der Waals surface area contributed by atoms with Crippen LogP contribution in [0.1, 0.15) is 34.1 Å². The highest BCUT2D eigenvalue weighted by molar-refractivity contribution is 4.94. The molecule has 0 saturated carbocycles. The third-order valence-electron chi connectivity index (χ3n) is 2.13. The molecule has 0 unspecified atom stereocenters. The summed E-state index contributed by atoms with van der Waals surface area (Å²) in [5, 5.41) is 3.28. The molecule has 0 aliphatic carbocycles. The van der Waals surface area contributed by atoms with E-state index in [1.807, 2.05) is 13.1 Å². The van der Waals surface area contributed by atoms with Crippen molar-refractivity contribution in [2.45, 2.75) is 39.7 Å². The maximum atomic E-state index is 3.82. The summed E-state index contributed by atoms with van der Waals surface area (Å²) in [4.78, 5) is 0. The molecule has 66 valence electrons. The van der Waals surface area contributed by atoms with E-state index in [2.05, 4.69) is 39.6 Å². The van der Waals surface area contributed by atoms with Crippen LogP contribution >= 0.6 is 0 Å². The Balaban J connectivity index is 4.12. The van der Waals surface area contributed by atoms with E-state index in [1.165, 1.54) is 0 Å². The number of allylic oxidation sites excluding steroid dienone is 1. The lowest BCUT2D eigenvalue weighted by molar-refractivity contribution is 0.283. The highest BCUT2D eigenvalue weighted by Gasteiger charge is 2.24. The van der Waals surface area contributed by atoms with Gasteiger partial charge in [-0.05, 0) is 32.7 Å². The first-order valence-corrected chi connectivity index (χ1v) is 4.15. The second-order valence-corrected chi connectivity index (χ2v) is 4.50. The van der Waals surface area contributed by atoms with Crippen molar-refractivity contribution < 1.29 is 0 Å². The van der Waals surface area contributed by atoms with Crippen LogP contribution in [-0.2, 0) is 0 Å². The molecule has 0 heterocycles. The van der Waals surface area contributed by atoms with Gasteiger partial charge in [0.05, 0.1) is 0 Å². The largest absolute Gasteiger partial charge is 0.315 e. The van der Waals surface area contributed by atoms with Gasteiger partial charge in [-0.15, -0.1) is 6.58 Å². The molecular weight excluding hydrogens is 134 g/mol. The van der Waals surface area contributed by atoms with E-state index in [1.54, 1.807) is 0 Å². The minimum absolute atomic E-state index is 0.206. The molecule has 0 saturated heterocycles. The van der Waals surface area contributed by atoms with Crippen LogP contribution in [0.2, 0.25) is 0 Å². The first kappa shape index (κ1) is 10.7. The van der Waals surface area contributed by atoms with Gasteiger partial charge in [0.15, 0.2) is 0 Å². The Labute approximate surface area is 70.9 Å². The van der Waals surface area contributed by atoms with Crippen molar-refractivity contribution >= 4 is 0 Å². The predicted octanol–water partition coefficient (Wildman–Crippen LogP) is 2.59. The molecule has 0 atom stereocenters. The lowest BCUT2D eigenvalue weighted by Crippen LogP contribution is -2.39. The minimum atomic E-state index is 0.206. The third-order valence-corrected chi connectivity index (χ3v) is 2.13. The van der Waals surface area contributed by atoms with E-state index in [-0.39, 0.29) is 11.0 Å². The molecule has 0 bridgehead atoms. The number of hydrogen-bond acceptors (Lipinski definition) is 1. The number of hydrogen-bond donors (Lipinski definition) is 1. The lowest BCUT2D eigenvalue weighted by atomic mass is 9.80. The van der Waals surface area contributed by atoms with Gasteiger partial charge in [0.25, 0.3) is 0 Å². The number of rotatable bonds is 4. The summed E-state index contributed by atoms with van der Waals surface area (Å²) < 4.78 is 0. The van der Waals surface area contributed by atoms with Crippen molar-refractivity contribution in [1.82, 2.24) is 5.32 Å². The van der Waals surface area contributed by atoms with Crippen molar-refractivity contribution in [2.24, 2.45) is 5.41 Å². The van der Waals surface area contributed by atoms with Crippen molar-refractivity contribution in [2.75, 3.05) is 7.05 Å². The van der Waals surface area contributed by atoms with E-state index in [0.29, 0.717) is 0 Å². The summed E-state index contributed by atoms with van der Waals surface area (Å²) in [7, 11) is 2.00. The van der Waals surface area contributed by atoms with Crippen LogP contribution in [0.15, 0.2) is 12.7 Å². The Morgan fingerprint density at radius 3 is 2.00 bits per heavy atom. The molecule has 0 spiro atoms. The van der Waals surface area contributed by atoms with E-state index in [4.69, 9.17) is 0 Å². The normalized spacial score (nSPS) is 13.2. The van der Waals surface area contributed by atoms with Gasteiger partial charge in [0, 0.05) is 5.54 Å². The molecule has 1 heteroatoms. The minimum Gasteiger partial charge on any atom is -0.315 e. The van der Waals surface area contributed by atoms with Gasteiger partial charge in [0.1, 0.15) is 0 Å². The standard InChI is InChI=1S/C10H21N/c1-7-9(2,3)8-10(4,5)11-6/h7,11H,1,8H2,2-6H3. The molecule has 1 N–H and O–H groups in total. The van der Waals surface area contributed by atoms with Crippen LogP contribution in [0.4, 0.5) is 0 Å². The van der Waals surface area contributed by atoms with Crippen LogP contribution in [0.5, 0.6) is 0 Å². The topological polar surface area (TPSA) is 12.0 Å². The fourth-order valence-electron chi connectivity index (χ4n) is 1.30. The van der Waals surface area contributed by atoms with Crippen LogP contribution in [0, 0.1) is 5.41 Å². The molecule has 0 rings (SSSR count). The summed E-state index contributed by atoms with van der Waals surface area (Å²) in [5.74, 6) is 0. The molecule has 1 nitrogen and oxygen atoms in total. The van der Waals surface area contributed by atoms with E-state index in [0.717, 1.165) is 6.42 Å². The molecule has 0 fully saturated rings. The Hall–Kier alpha value is -0.300. The fraction of sp³-hybridized carbons (Fsp3) is 0.800. The van der Waals surface area contributed by atoms with Crippen molar-refractivity contribution in [3.05, 3.63) is 12.7 Å². The van der Waals surface area contributed by atoms with Crippen molar-refractivity contribution in [3.8, 4) is 0 Å². The SMILES string of the molecule is C=CC(C)(C)CC(C)(C)NC. The second kappa shape index (κ2) is 3.40. The molecular formula is C10H21N. The zero-order valence-corrected chi connectivity index (χ0v) is 8.49. The monoisotopic (exact) mass is 155 g/mol. The lowest BCUT2D eigenvalue weighted by Gasteiger charge is -2.32. The Kier molecular flexibility index (Phi) is 3.30. The van der Waals surface area contributed by atoms with Crippen molar-refractivity contribution in [1.29, 1.82) is 0 Å². The Morgan fingerprint density at radius 2 is 1.73 bits per heavy atom. The molecule has 0 aliphatic rings. The number of nitrogens with one attached hydrogen (secondary N) is 1. The second-order valence-electron chi connectivity index (χ2n) is 4.50. The van der Waals surface area contributed by atoms with Gasteiger partial charge in [-0.1, -0.05) is 19.9 Å². The molecule has 0 aromatic rings. The summed E-state index contributed by atoms with van der Waals surface area (Å²) in [6, 6.07) is 0. The average Bonchev–Trinajstić information content (AvgIpc) is 1.86. The van der Waals surface area contributed by atoms with Gasteiger partial charge in [-0.3, -0.25) is 0 Å². The van der Waals surface area contributed by atoms with Gasteiger partial charge in [0.2, 0.25) is 0 Å². The highest BCUT2D eigenvalue weighted by Crippen LogP contribution is 2.28. The maximum Gasteiger partial charge on any atom is 0.0130 e. The maximum absolute atomic E-state index is 3.82. The zero-order chi connectivity index (χ0) is 9.12. The molecule has 0 aromatic heterocycles. The van der Waals surface area contributed by atoms with E-state index >= 15 is 0 Å². The zero-order valence-electron chi connectivity index (χ0n) is 8.49. The van der Waals surface area contributed by atoms with Gasteiger partial charge in [-0.2, -0.15) is 0 Å².